The molecule has 1 saturated heterocycles. The van der Waals surface area contributed by atoms with Crippen LogP contribution < -0.4 is 0 Å². The predicted octanol–water partition coefficient (Wildman–Crippen LogP) is 3.31. The SMILES string of the molecule is C[C@@H]1C[C@H]2[C@@H]3C[C@@H](F)C4=CC(=O)C=C[C@]4(C)[C@@]34O[C@H]4C[C@]2(C)[C@@]1(Br)C(=O)CO. The first-order chi connectivity index (χ1) is 13.1. The maximum Gasteiger partial charge on any atom is 0.178 e. The number of epoxide rings is 1. The quantitative estimate of drug-likeness (QED) is 0.515. The zero-order valence-corrected chi connectivity index (χ0v) is 18.0. The third-order valence-corrected chi connectivity index (χ3v) is 11.1. The Hall–Kier alpha value is -0.850. The van der Waals surface area contributed by atoms with Crippen LogP contribution in [0.25, 0.3) is 0 Å². The number of Topliss-reactive ketones (excluding diaryl/α,β-unsaturated/α-hetero) is 1. The molecular formula is C22H26BrFO4. The Morgan fingerprint density at radius 2 is 2.07 bits per heavy atom. The highest BCUT2D eigenvalue weighted by molar-refractivity contribution is 9.10. The normalized spacial score (nSPS) is 56.3. The third-order valence-electron chi connectivity index (χ3n) is 8.98. The summed E-state index contributed by atoms with van der Waals surface area (Å²) in [6.07, 6.45) is 5.40. The van der Waals surface area contributed by atoms with Crippen LogP contribution in [-0.4, -0.2) is 45.5 Å². The summed E-state index contributed by atoms with van der Waals surface area (Å²) in [7, 11) is 0. The van der Waals surface area contributed by atoms with Crippen LogP contribution in [0.5, 0.6) is 0 Å². The smallest absolute Gasteiger partial charge is 0.178 e. The summed E-state index contributed by atoms with van der Waals surface area (Å²) in [6, 6.07) is 0. The van der Waals surface area contributed by atoms with Crippen molar-refractivity contribution in [2.24, 2.45) is 28.6 Å². The Bertz CT molecular complexity index is 853. The third kappa shape index (κ3) is 1.85. The molecule has 4 nitrogen and oxygen atoms in total. The van der Waals surface area contributed by atoms with Gasteiger partial charge in [0.15, 0.2) is 11.6 Å². The topological polar surface area (TPSA) is 66.9 Å². The molecule has 1 aliphatic heterocycles. The van der Waals surface area contributed by atoms with Crippen LogP contribution in [0.15, 0.2) is 23.8 Å². The summed E-state index contributed by atoms with van der Waals surface area (Å²) in [5, 5.41) is 9.63. The number of rotatable bonds is 2. The standard InChI is InChI=1S/C22H26BrFO4/c1-11-6-13-14-8-16(24)15-7-12(26)4-5-19(15,2)22(14)18(28-22)9-20(13,3)21(11,23)17(27)10-25/h4-5,7,11,13-14,16,18,25H,6,8-10H2,1-3H3/t11-,13+,14+,16-,18+,19+,20+,21+,22-/m1/s1. The van der Waals surface area contributed by atoms with Crippen LogP contribution in [0.3, 0.4) is 0 Å². The van der Waals surface area contributed by atoms with E-state index in [9.17, 15) is 14.7 Å². The van der Waals surface area contributed by atoms with Gasteiger partial charge < -0.3 is 9.84 Å². The van der Waals surface area contributed by atoms with E-state index >= 15 is 4.39 Å². The summed E-state index contributed by atoms with van der Waals surface area (Å²) in [5.41, 5.74) is -0.988. The van der Waals surface area contributed by atoms with Crippen LogP contribution in [0.2, 0.25) is 0 Å². The molecule has 28 heavy (non-hydrogen) atoms. The second-order valence-corrected chi connectivity index (χ2v) is 11.2. The molecule has 0 bridgehead atoms. The van der Waals surface area contributed by atoms with Gasteiger partial charge in [0.2, 0.25) is 0 Å². The Balaban J connectivity index is 1.63. The minimum Gasteiger partial charge on any atom is -0.389 e. The molecule has 5 rings (SSSR count). The average molecular weight is 453 g/mol. The number of ketones is 2. The minimum atomic E-state index is -1.18. The van der Waals surface area contributed by atoms with E-state index in [1.807, 2.05) is 19.9 Å². The van der Waals surface area contributed by atoms with E-state index in [4.69, 9.17) is 4.74 Å². The molecule has 0 aromatic heterocycles. The molecule has 0 amide bonds. The maximum atomic E-state index is 15.4. The van der Waals surface area contributed by atoms with E-state index in [1.165, 1.54) is 6.08 Å². The predicted molar refractivity (Wildman–Crippen MR) is 105 cm³/mol. The van der Waals surface area contributed by atoms with Crippen molar-refractivity contribution in [3.8, 4) is 0 Å². The lowest BCUT2D eigenvalue weighted by Crippen LogP contribution is -2.61. The highest BCUT2D eigenvalue weighted by atomic mass is 79.9. The summed E-state index contributed by atoms with van der Waals surface area (Å²) in [5.74, 6) is -0.229. The number of fused-ring (bicyclic) bond motifs is 3. The Labute approximate surface area is 172 Å². The molecule has 152 valence electrons. The number of aliphatic hydroxyl groups is 1. The fourth-order valence-corrected chi connectivity index (χ4v) is 8.42. The largest absolute Gasteiger partial charge is 0.389 e. The molecular weight excluding hydrogens is 427 g/mol. The molecule has 4 fully saturated rings. The summed E-state index contributed by atoms with van der Waals surface area (Å²) < 4.78 is 20.9. The van der Waals surface area contributed by atoms with E-state index in [2.05, 4.69) is 22.9 Å². The van der Waals surface area contributed by atoms with Crippen molar-refractivity contribution in [1.82, 2.24) is 0 Å². The van der Waals surface area contributed by atoms with E-state index < -0.39 is 33.5 Å². The van der Waals surface area contributed by atoms with E-state index in [-0.39, 0.29) is 35.4 Å². The lowest BCUT2D eigenvalue weighted by molar-refractivity contribution is -0.129. The summed E-state index contributed by atoms with van der Waals surface area (Å²) >= 11 is 3.77. The lowest BCUT2D eigenvalue weighted by Gasteiger charge is -2.56. The van der Waals surface area contributed by atoms with Gasteiger partial charge in [-0.3, -0.25) is 9.59 Å². The van der Waals surface area contributed by atoms with Crippen molar-refractivity contribution in [3.63, 3.8) is 0 Å². The molecule has 1 heterocycles. The molecule has 4 aliphatic carbocycles. The van der Waals surface area contributed by atoms with E-state index in [1.54, 1.807) is 6.08 Å². The number of halogens is 2. The highest BCUT2D eigenvalue weighted by Crippen LogP contribution is 2.77. The maximum absolute atomic E-state index is 15.4. The number of allylic oxidation sites excluding steroid dienone is 2. The van der Waals surface area contributed by atoms with E-state index in [0.29, 0.717) is 18.4 Å². The van der Waals surface area contributed by atoms with Crippen LogP contribution in [-0.2, 0) is 14.3 Å². The van der Waals surface area contributed by atoms with Crippen LogP contribution in [0.1, 0.15) is 40.0 Å². The molecule has 0 unspecified atom stereocenters. The van der Waals surface area contributed by atoms with Crippen molar-refractivity contribution in [2.45, 2.75) is 62.2 Å². The number of hydrogen-bond acceptors (Lipinski definition) is 4. The number of ether oxygens (including phenoxy) is 1. The Kier molecular flexibility index (Phi) is 3.72. The molecule has 1 N–H and O–H groups in total. The monoisotopic (exact) mass is 452 g/mol. The molecule has 1 spiro atoms. The van der Waals surface area contributed by atoms with Gasteiger partial charge in [-0.2, -0.15) is 0 Å². The summed E-state index contributed by atoms with van der Waals surface area (Å²) in [6.45, 7) is 5.66. The second-order valence-electron chi connectivity index (χ2n) is 9.90. The zero-order chi connectivity index (χ0) is 20.3. The van der Waals surface area contributed by atoms with Crippen molar-refractivity contribution in [1.29, 1.82) is 0 Å². The van der Waals surface area contributed by atoms with Gasteiger partial charge in [-0.1, -0.05) is 35.9 Å². The lowest BCUT2D eigenvalue weighted by atomic mass is 9.47. The fraction of sp³-hybridized carbons (Fsp3) is 0.727. The van der Waals surface area contributed by atoms with Crippen LogP contribution >= 0.6 is 15.9 Å². The molecule has 5 aliphatic rings. The van der Waals surface area contributed by atoms with Gasteiger partial charge in [-0.05, 0) is 67.1 Å². The first-order valence-corrected chi connectivity index (χ1v) is 11.0. The Morgan fingerprint density at radius 1 is 1.36 bits per heavy atom. The van der Waals surface area contributed by atoms with Crippen molar-refractivity contribution in [2.75, 3.05) is 6.61 Å². The zero-order valence-electron chi connectivity index (χ0n) is 16.4. The average Bonchev–Trinajstić information content (AvgIpc) is 3.34. The molecule has 9 atom stereocenters. The minimum absolute atomic E-state index is 0.0281. The number of carbonyl (C=O) groups excluding carboxylic acids is 2. The highest BCUT2D eigenvalue weighted by Gasteiger charge is 2.82. The number of alkyl halides is 2. The molecule has 6 heteroatoms. The van der Waals surface area contributed by atoms with Gasteiger partial charge >= 0.3 is 0 Å². The first-order valence-electron chi connectivity index (χ1n) is 10.2. The molecule has 0 radical (unpaired) electrons. The van der Waals surface area contributed by atoms with Crippen LogP contribution in [0.4, 0.5) is 4.39 Å². The van der Waals surface area contributed by atoms with E-state index in [0.717, 1.165) is 6.42 Å². The molecule has 0 aromatic carbocycles. The van der Waals surface area contributed by atoms with Gasteiger partial charge in [0.05, 0.1) is 10.4 Å². The number of hydrogen-bond donors (Lipinski definition) is 1. The van der Waals surface area contributed by atoms with Gasteiger partial charge in [0.25, 0.3) is 0 Å². The fourth-order valence-electron chi connectivity index (χ4n) is 7.66. The van der Waals surface area contributed by atoms with Crippen molar-refractivity contribution >= 4 is 27.5 Å². The molecule has 0 aromatic rings. The van der Waals surface area contributed by atoms with Gasteiger partial charge in [0.1, 0.15) is 18.4 Å². The van der Waals surface area contributed by atoms with Gasteiger partial charge in [0, 0.05) is 5.41 Å². The van der Waals surface area contributed by atoms with Crippen molar-refractivity contribution < 1.29 is 23.8 Å². The number of carbonyl (C=O) groups is 2. The van der Waals surface area contributed by atoms with Crippen LogP contribution in [0, 0.1) is 28.6 Å². The van der Waals surface area contributed by atoms with Gasteiger partial charge in [-0.25, -0.2) is 4.39 Å². The van der Waals surface area contributed by atoms with Crippen molar-refractivity contribution in [3.05, 3.63) is 23.8 Å². The molecule has 3 saturated carbocycles. The summed E-state index contributed by atoms with van der Waals surface area (Å²) in [4.78, 5) is 24.7. The second kappa shape index (κ2) is 5.44. The first kappa shape index (κ1) is 19.1. The van der Waals surface area contributed by atoms with Gasteiger partial charge in [-0.15, -0.1) is 0 Å². The number of aliphatic hydroxyl groups excluding tert-OH is 1. The Morgan fingerprint density at radius 3 is 2.75 bits per heavy atom.